The van der Waals surface area contributed by atoms with Gasteiger partial charge < -0.3 is 35.5 Å². The second-order valence-electron chi connectivity index (χ2n) is 9.42. The molecule has 1 aromatic carbocycles. The van der Waals surface area contributed by atoms with E-state index in [-0.39, 0.29) is 17.4 Å². The van der Waals surface area contributed by atoms with Crippen LogP contribution in [0, 0.1) is 12.7 Å². The number of likely N-dealkylation sites (N-methyl/N-ethyl adjacent to an activating group) is 1. The molecule has 0 saturated carbocycles. The summed E-state index contributed by atoms with van der Waals surface area (Å²) in [7, 11) is 2.04. The molecule has 3 aromatic rings. The molecular weight excluding hydrogens is 477 g/mol. The number of hydrogen-bond acceptors (Lipinski definition) is 8. The van der Waals surface area contributed by atoms with Gasteiger partial charge in [-0.1, -0.05) is 0 Å². The summed E-state index contributed by atoms with van der Waals surface area (Å²) in [5, 5.41) is 9.12. The second-order valence-corrected chi connectivity index (χ2v) is 9.42. The van der Waals surface area contributed by atoms with E-state index in [1.165, 1.54) is 12.3 Å². The lowest BCUT2D eigenvalue weighted by Gasteiger charge is -2.34. The van der Waals surface area contributed by atoms with Gasteiger partial charge in [0.25, 0.3) is 11.5 Å². The second kappa shape index (κ2) is 10.1. The van der Waals surface area contributed by atoms with Crippen LogP contribution in [0.25, 0.3) is 0 Å². The first-order valence-corrected chi connectivity index (χ1v) is 12.2. The van der Waals surface area contributed by atoms with Gasteiger partial charge in [0.1, 0.15) is 23.2 Å². The van der Waals surface area contributed by atoms with Gasteiger partial charge in [-0.3, -0.25) is 9.59 Å². The van der Waals surface area contributed by atoms with Crippen LogP contribution < -0.4 is 31.1 Å². The SMILES string of the molecule is Cc1c(Nc2cc[nH]c(=O)c2C(=O)Nc2ccc(N3CCN(C)CC3)c(F)c2)cnc2c1NCC(C)O2. The average molecular weight is 508 g/mol. The van der Waals surface area contributed by atoms with Crippen LogP contribution in [0.3, 0.4) is 0 Å². The number of nitrogens with one attached hydrogen (secondary N) is 4. The zero-order valence-corrected chi connectivity index (χ0v) is 21.0. The van der Waals surface area contributed by atoms with Gasteiger partial charge in [0.05, 0.1) is 29.8 Å². The molecule has 4 heterocycles. The molecule has 2 aliphatic rings. The lowest BCUT2D eigenvalue weighted by molar-refractivity contribution is 0.102. The molecule has 37 heavy (non-hydrogen) atoms. The number of pyridine rings is 2. The van der Waals surface area contributed by atoms with Crippen molar-refractivity contribution < 1.29 is 13.9 Å². The Morgan fingerprint density at radius 1 is 1.19 bits per heavy atom. The molecule has 5 rings (SSSR count). The van der Waals surface area contributed by atoms with Crippen molar-refractivity contribution in [1.29, 1.82) is 0 Å². The van der Waals surface area contributed by atoms with Crippen molar-refractivity contribution in [2.75, 3.05) is 60.6 Å². The Balaban J connectivity index is 1.37. The summed E-state index contributed by atoms with van der Waals surface area (Å²) in [6.07, 6.45) is 3.06. The van der Waals surface area contributed by atoms with Crippen LogP contribution in [0.4, 0.5) is 32.8 Å². The lowest BCUT2D eigenvalue weighted by atomic mass is 10.1. The first-order chi connectivity index (χ1) is 17.8. The van der Waals surface area contributed by atoms with E-state index < -0.39 is 17.3 Å². The van der Waals surface area contributed by atoms with Crippen molar-refractivity contribution in [1.82, 2.24) is 14.9 Å². The first-order valence-electron chi connectivity index (χ1n) is 12.2. The molecule has 2 aromatic heterocycles. The summed E-state index contributed by atoms with van der Waals surface area (Å²) in [6, 6.07) is 6.17. The van der Waals surface area contributed by atoms with E-state index >= 15 is 0 Å². The molecule has 11 heteroatoms. The lowest BCUT2D eigenvalue weighted by Crippen LogP contribution is -2.44. The number of rotatable bonds is 5. The summed E-state index contributed by atoms with van der Waals surface area (Å²) in [5.41, 5.74) is 2.57. The summed E-state index contributed by atoms with van der Waals surface area (Å²) in [6.45, 7) is 7.65. The van der Waals surface area contributed by atoms with Crippen LogP contribution in [0.1, 0.15) is 22.8 Å². The van der Waals surface area contributed by atoms with Crippen LogP contribution in [0.15, 0.2) is 41.5 Å². The fourth-order valence-electron chi connectivity index (χ4n) is 4.52. The van der Waals surface area contributed by atoms with E-state index in [1.807, 2.05) is 25.8 Å². The minimum absolute atomic E-state index is 0.00153. The highest BCUT2D eigenvalue weighted by Crippen LogP contribution is 2.35. The van der Waals surface area contributed by atoms with Crippen LogP contribution in [-0.2, 0) is 0 Å². The summed E-state index contributed by atoms with van der Waals surface area (Å²) < 4.78 is 20.7. The number of halogens is 1. The molecule has 1 amide bonds. The number of hydrogen-bond donors (Lipinski definition) is 4. The van der Waals surface area contributed by atoms with Crippen LogP contribution in [-0.4, -0.2) is 66.7 Å². The zero-order valence-electron chi connectivity index (χ0n) is 21.0. The molecule has 0 aliphatic carbocycles. The number of amides is 1. The third kappa shape index (κ3) is 5.08. The number of piperazine rings is 1. The predicted molar refractivity (Wildman–Crippen MR) is 142 cm³/mol. The topological polar surface area (TPSA) is 115 Å². The number of aromatic nitrogens is 2. The Kier molecular flexibility index (Phi) is 6.70. The molecule has 1 saturated heterocycles. The summed E-state index contributed by atoms with van der Waals surface area (Å²) in [5.74, 6) is -0.579. The van der Waals surface area contributed by atoms with Crippen molar-refractivity contribution in [3.8, 4) is 5.88 Å². The number of carbonyl (C=O) groups is 1. The van der Waals surface area contributed by atoms with E-state index in [9.17, 15) is 14.0 Å². The van der Waals surface area contributed by atoms with Gasteiger partial charge in [0.2, 0.25) is 5.88 Å². The van der Waals surface area contributed by atoms with Crippen LogP contribution in [0.2, 0.25) is 0 Å². The van der Waals surface area contributed by atoms with Gasteiger partial charge in [-0.15, -0.1) is 0 Å². The van der Waals surface area contributed by atoms with Crippen LogP contribution >= 0.6 is 0 Å². The standard InChI is InChI=1S/C26H30FN7O3/c1-15-13-29-23-16(2)20(14-30-26(23)37-15)32-19-6-7-28-24(35)22(19)25(36)31-17-4-5-21(18(27)12-17)34-10-8-33(3)9-11-34/h4-7,12,14-15,29H,8-11,13H2,1-3H3,(H,31,36)(H2,28,32,35). The monoisotopic (exact) mass is 507 g/mol. The van der Waals surface area contributed by atoms with E-state index in [1.54, 1.807) is 24.4 Å². The fraction of sp³-hybridized carbons (Fsp3) is 0.346. The fourth-order valence-corrected chi connectivity index (χ4v) is 4.52. The third-order valence-electron chi connectivity index (χ3n) is 6.69. The number of anilines is 5. The largest absolute Gasteiger partial charge is 0.471 e. The average Bonchev–Trinajstić information content (AvgIpc) is 2.86. The summed E-state index contributed by atoms with van der Waals surface area (Å²) >= 11 is 0. The number of nitrogens with zero attached hydrogens (tertiary/aromatic N) is 3. The normalized spacial score (nSPS) is 17.4. The zero-order chi connectivity index (χ0) is 26.1. The molecular formula is C26H30FN7O3. The Hall–Kier alpha value is -4.12. The van der Waals surface area contributed by atoms with Gasteiger partial charge in [-0.25, -0.2) is 9.37 Å². The van der Waals surface area contributed by atoms with Crippen molar-refractivity contribution in [2.45, 2.75) is 20.0 Å². The maximum Gasteiger partial charge on any atom is 0.263 e. The Bertz CT molecular complexity index is 1390. The number of carbonyl (C=O) groups excluding carboxylic acids is 1. The van der Waals surface area contributed by atoms with Gasteiger partial charge in [-0.2, -0.15) is 0 Å². The van der Waals surface area contributed by atoms with Gasteiger partial charge in [0.15, 0.2) is 0 Å². The molecule has 10 nitrogen and oxygen atoms in total. The van der Waals surface area contributed by atoms with E-state index in [2.05, 4.69) is 30.8 Å². The van der Waals surface area contributed by atoms with Gasteiger partial charge >= 0.3 is 0 Å². The smallest absolute Gasteiger partial charge is 0.263 e. The first kappa shape index (κ1) is 24.6. The number of ether oxygens (including phenoxy) is 1. The van der Waals surface area contributed by atoms with Crippen molar-refractivity contribution in [3.63, 3.8) is 0 Å². The molecule has 194 valence electrons. The molecule has 1 fully saturated rings. The molecule has 0 bridgehead atoms. The van der Waals surface area contributed by atoms with Crippen LogP contribution in [0.5, 0.6) is 5.88 Å². The molecule has 1 unspecified atom stereocenters. The quantitative estimate of drug-likeness (QED) is 0.417. The Morgan fingerprint density at radius 3 is 2.73 bits per heavy atom. The van der Waals surface area contributed by atoms with Gasteiger partial charge in [-0.05, 0) is 45.2 Å². The minimum Gasteiger partial charge on any atom is -0.471 e. The van der Waals surface area contributed by atoms with Crippen molar-refractivity contribution >= 4 is 34.3 Å². The highest BCUT2D eigenvalue weighted by Gasteiger charge is 2.23. The Labute approximate surface area is 213 Å². The summed E-state index contributed by atoms with van der Waals surface area (Å²) in [4.78, 5) is 36.9. The highest BCUT2D eigenvalue weighted by atomic mass is 19.1. The van der Waals surface area contributed by atoms with E-state index in [4.69, 9.17) is 4.74 Å². The maximum atomic E-state index is 14.9. The Morgan fingerprint density at radius 2 is 1.97 bits per heavy atom. The third-order valence-corrected chi connectivity index (χ3v) is 6.69. The number of benzene rings is 1. The number of aromatic amines is 1. The molecule has 4 N–H and O–H groups in total. The van der Waals surface area contributed by atoms with Gasteiger partial charge in [0, 0.05) is 43.6 Å². The minimum atomic E-state index is -0.657. The molecule has 2 aliphatic heterocycles. The van der Waals surface area contributed by atoms with Crippen molar-refractivity contribution in [3.05, 3.63) is 64.0 Å². The predicted octanol–water partition coefficient (Wildman–Crippen LogP) is 3.16. The molecule has 0 radical (unpaired) electrons. The van der Waals surface area contributed by atoms with E-state index in [0.29, 0.717) is 29.5 Å². The molecule has 0 spiro atoms. The highest BCUT2D eigenvalue weighted by molar-refractivity contribution is 6.08. The van der Waals surface area contributed by atoms with Crippen molar-refractivity contribution in [2.24, 2.45) is 0 Å². The molecule has 1 atom stereocenters. The maximum absolute atomic E-state index is 14.9. The van der Waals surface area contributed by atoms with E-state index in [0.717, 1.165) is 37.4 Å². The number of fused-ring (bicyclic) bond motifs is 1. The number of H-pyrrole nitrogens is 1.